The molecule has 0 saturated carbocycles. The highest BCUT2D eigenvalue weighted by atomic mass is 32.2. The van der Waals surface area contributed by atoms with E-state index in [1.807, 2.05) is 20.8 Å². The van der Waals surface area contributed by atoms with E-state index in [-0.39, 0.29) is 17.9 Å². The minimum absolute atomic E-state index is 0.0670. The molecular formula is C13H22N2O4S. The highest BCUT2D eigenvalue weighted by Gasteiger charge is 2.65. The number of fused-ring (bicyclic) bond motifs is 1. The van der Waals surface area contributed by atoms with Crippen LogP contribution in [0.2, 0.25) is 0 Å². The van der Waals surface area contributed by atoms with Crippen LogP contribution in [0.4, 0.5) is 0 Å². The lowest BCUT2D eigenvalue weighted by molar-refractivity contribution is -0.153. The number of likely N-dealkylation sites (tertiary alicyclic amines) is 1. The summed E-state index contributed by atoms with van der Waals surface area (Å²) < 4.78 is 32.5. The zero-order chi connectivity index (χ0) is 14.7. The molecule has 0 aliphatic carbocycles. The zero-order valence-electron chi connectivity index (χ0n) is 12.2. The highest BCUT2D eigenvalue weighted by molar-refractivity contribution is 7.90. The van der Waals surface area contributed by atoms with Crippen molar-refractivity contribution >= 4 is 15.9 Å². The second-order valence-electron chi connectivity index (χ2n) is 6.37. The molecule has 3 saturated heterocycles. The molecule has 0 aromatic heterocycles. The van der Waals surface area contributed by atoms with E-state index in [0.717, 1.165) is 0 Å². The van der Waals surface area contributed by atoms with Crippen molar-refractivity contribution in [3.63, 3.8) is 0 Å². The van der Waals surface area contributed by atoms with E-state index in [0.29, 0.717) is 32.6 Å². The lowest BCUT2D eigenvalue weighted by atomic mass is 9.99. The average Bonchev–Trinajstić information content (AvgIpc) is 2.75. The summed E-state index contributed by atoms with van der Waals surface area (Å²) >= 11 is 0. The Labute approximate surface area is 120 Å². The molecule has 0 unspecified atom stereocenters. The van der Waals surface area contributed by atoms with Crippen molar-refractivity contribution in [3.05, 3.63) is 0 Å². The normalized spacial score (nSPS) is 39.3. The van der Waals surface area contributed by atoms with Gasteiger partial charge in [-0.1, -0.05) is 20.8 Å². The van der Waals surface area contributed by atoms with Gasteiger partial charge in [0.1, 0.15) is 10.9 Å². The van der Waals surface area contributed by atoms with E-state index in [1.165, 1.54) is 4.31 Å². The summed E-state index contributed by atoms with van der Waals surface area (Å²) in [7, 11) is -3.28. The molecule has 3 heterocycles. The number of morpholine rings is 1. The van der Waals surface area contributed by atoms with E-state index in [2.05, 4.69) is 0 Å². The number of likely N-dealkylation sites (N-methyl/N-ethyl adjacent to an activating group) is 1. The molecule has 3 rings (SSSR count). The van der Waals surface area contributed by atoms with Gasteiger partial charge in [-0.15, -0.1) is 0 Å². The van der Waals surface area contributed by atoms with Crippen molar-refractivity contribution in [1.29, 1.82) is 0 Å². The SMILES string of the molecule is CCN1C[C@@]23CN(C(=O)C(C)C)C[C@@H](C[C@@H]2S1(=O)=O)O3. The third-order valence-electron chi connectivity index (χ3n) is 4.67. The quantitative estimate of drug-likeness (QED) is 0.723. The van der Waals surface area contributed by atoms with Crippen LogP contribution in [0.15, 0.2) is 0 Å². The molecule has 6 nitrogen and oxygen atoms in total. The Morgan fingerprint density at radius 3 is 2.70 bits per heavy atom. The molecule has 3 aliphatic rings. The minimum atomic E-state index is -3.28. The van der Waals surface area contributed by atoms with E-state index in [9.17, 15) is 13.2 Å². The van der Waals surface area contributed by atoms with Crippen molar-refractivity contribution in [1.82, 2.24) is 9.21 Å². The number of hydrogen-bond acceptors (Lipinski definition) is 4. The van der Waals surface area contributed by atoms with Crippen LogP contribution in [0.25, 0.3) is 0 Å². The molecule has 0 aromatic carbocycles. The Morgan fingerprint density at radius 1 is 1.40 bits per heavy atom. The fraction of sp³-hybridized carbons (Fsp3) is 0.923. The summed E-state index contributed by atoms with van der Waals surface area (Å²) in [5.41, 5.74) is -0.706. The van der Waals surface area contributed by atoms with Gasteiger partial charge in [0, 0.05) is 25.6 Å². The van der Waals surface area contributed by atoms with Gasteiger partial charge in [-0.3, -0.25) is 4.79 Å². The number of ether oxygens (including phenoxy) is 1. The second-order valence-corrected chi connectivity index (χ2v) is 8.49. The van der Waals surface area contributed by atoms with E-state index in [4.69, 9.17) is 4.74 Å². The van der Waals surface area contributed by atoms with Gasteiger partial charge in [0.2, 0.25) is 15.9 Å². The fourth-order valence-corrected chi connectivity index (χ4v) is 6.09. The standard InChI is InChI=1S/C13H22N2O4S/c1-4-15-8-13-7-14(12(16)9(2)3)6-10(19-13)5-11(13)20(15,17)18/h9-11H,4-8H2,1-3H3/t10-,11+,13+/m1/s1. The molecule has 0 aromatic rings. The number of rotatable bonds is 2. The Morgan fingerprint density at radius 2 is 2.10 bits per heavy atom. The minimum Gasteiger partial charge on any atom is -0.365 e. The summed E-state index contributed by atoms with van der Waals surface area (Å²) in [5.74, 6) is 0.0216. The molecule has 114 valence electrons. The molecule has 3 fully saturated rings. The third kappa shape index (κ3) is 1.83. The molecule has 0 radical (unpaired) electrons. The van der Waals surface area contributed by atoms with Crippen LogP contribution in [-0.4, -0.2) is 66.7 Å². The van der Waals surface area contributed by atoms with E-state index < -0.39 is 20.9 Å². The molecule has 20 heavy (non-hydrogen) atoms. The molecule has 2 bridgehead atoms. The molecule has 1 amide bonds. The van der Waals surface area contributed by atoms with Crippen LogP contribution < -0.4 is 0 Å². The van der Waals surface area contributed by atoms with Crippen molar-refractivity contribution in [3.8, 4) is 0 Å². The van der Waals surface area contributed by atoms with Crippen LogP contribution in [-0.2, 0) is 19.6 Å². The Kier molecular flexibility index (Phi) is 3.15. The maximum absolute atomic E-state index is 12.5. The molecule has 3 atom stereocenters. The molecular weight excluding hydrogens is 280 g/mol. The molecule has 3 aliphatic heterocycles. The van der Waals surface area contributed by atoms with Gasteiger partial charge in [0.25, 0.3) is 0 Å². The zero-order valence-corrected chi connectivity index (χ0v) is 13.0. The van der Waals surface area contributed by atoms with Crippen molar-refractivity contribution in [2.24, 2.45) is 5.92 Å². The maximum atomic E-state index is 12.5. The van der Waals surface area contributed by atoms with Crippen LogP contribution in [0.1, 0.15) is 27.2 Å². The van der Waals surface area contributed by atoms with E-state index >= 15 is 0 Å². The van der Waals surface area contributed by atoms with Gasteiger partial charge < -0.3 is 9.64 Å². The van der Waals surface area contributed by atoms with Crippen molar-refractivity contribution < 1.29 is 17.9 Å². The number of carbonyl (C=O) groups is 1. The first-order valence-electron chi connectivity index (χ1n) is 7.26. The fourth-order valence-electron chi connectivity index (χ4n) is 3.77. The van der Waals surface area contributed by atoms with Gasteiger partial charge in [-0.25, -0.2) is 8.42 Å². The molecule has 1 spiro atoms. The average molecular weight is 302 g/mol. The van der Waals surface area contributed by atoms with Gasteiger partial charge in [0.05, 0.1) is 12.6 Å². The molecule has 0 N–H and O–H groups in total. The Bertz CT molecular complexity index is 532. The predicted octanol–water partition coefficient (Wildman–Crippen LogP) is 0.0462. The third-order valence-corrected chi connectivity index (χ3v) is 7.12. The Balaban J connectivity index is 1.91. The number of hydrogen-bond donors (Lipinski definition) is 0. The monoisotopic (exact) mass is 302 g/mol. The van der Waals surface area contributed by atoms with Gasteiger partial charge in [-0.2, -0.15) is 4.31 Å². The summed E-state index contributed by atoms with van der Waals surface area (Å²) in [6.45, 7) is 7.36. The first kappa shape index (κ1) is 14.3. The van der Waals surface area contributed by atoms with Gasteiger partial charge in [0.15, 0.2) is 0 Å². The van der Waals surface area contributed by atoms with E-state index in [1.54, 1.807) is 4.90 Å². The maximum Gasteiger partial charge on any atom is 0.225 e. The highest BCUT2D eigenvalue weighted by Crippen LogP contribution is 2.46. The van der Waals surface area contributed by atoms with Crippen LogP contribution in [0, 0.1) is 5.92 Å². The largest absolute Gasteiger partial charge is 0.365 e. The Hall–Kier alpha value is -0.660. The number of sulfonamides is 1. The lowest BCUT2D eigenvalue weighted by Gasteiger charge is -2.40. The summed E-state index contributed by atoms with van der Waals surface area (Å²) in [4.78, 5) is 14.0. The number of carbonyl (C=O) groups excluding carboxylic acids is 1. The van der Waals surface area contributed by atoms with Crippen LogP contribution >= 0.6 is 0 Å². The first-order chi connectivity index (χ1) is 9.30. The summed E-state index contributed by atoms with van der Waals surface area (Å²) in [5, 5.41) is -0.482. The summed E-state index contributed by atoms with van der Waals surface area (Å²) in [6, 6.07) is 0. The molecule has 7 heteroatoms. The van der Waals surface area contributed by atoms with Crippen LogP contribution in [0.5, 0.6) is 0 Å². The number of amides is 1. The smallest absolute Gasteiger partial charge is 0.225 e. The van der Waals surface area contributed by atoms with Gasteiger partial charge in [-0.05, 0) is 6.42 Å². The van der Waals surface area contributed by atoms with Crippen molar-refractivity contribution in [2.75, 3.05) is 26.2 Å². The topological polar surface area (TPSA) is 66.9 Å². The second kappa shape index (κ2) is 4.42. The number of nitrogens with zero attached hydrogens (tertiary/aromatic N) is 2. The van der Waals surface area contributed by atoms with Crippen molar-refractivity contribution in [2.45, 2.75) is 44.1 Å². The first-order valence-corrected chi connectivity index (χ1v) is 8.76. The van der Waals surface area contributed by atoms with Crippen LogP contribution in [0.3, 0.4) is 0 Å². The predicted molar refractivity (Wildman–Crippen MR) is 73.6 cm³/mol. The summed E-state index contributed by atoms with van der Waals surface area (Å²) in [6.07, 6.45) is 0.381. The lowest BCUT2D eigenvalue weighted by Crippen LogP contribution is -2.57. The van der Waals surface area contributed by atoms with Gasteiger partial charge >= 0.3 is 0 Å².